The predicted molar refractivity (Wildman–Crippen MR) is 131 cm³/mol. The molecule has 0 spiro atoms. The van der Waals surface area contributed by atoms with Gasteiger partial charge in [0, 0.05) is 37.3 Å². The minimum atomic E-state index is -0.467. The topological polar surface area (TPSA) is 84.0 Å². The molecule has 1 aliphatic heterocycles. The Bertz CT molecular complexity index is 1200. The van der Waals surface area contributed by atoms with Crippen LogP contribution in [-0.4, -0.2) is 62.1 Å². The Kier molecular flexibility index (Phi) is 7.45. The number of hydrogen-bond acceptors (Lipinski definition) is 6. The van der Waals surface area contributed by atoms with Crippen LogP contribution < -0.4 is 19.7 Å². The van der Waals surface area contributed by atoms with E-state index in [0.29, 0.717) is 42.4 Å². The highest BCUT2D eigenvalue weighted by Gasteiger charge is 2.22. The van der Waals surface area contributed by atoms with E-state index in [4.69, 9.17) is 9.47 Å². The highest BCUT2D eigenvalue weighted by atomic mass is 19.1. The van der Waals surface area contributed by atoms with E-state index in [-0.39, 0.29) is 11.5 Å². The molecule has 0 aliphatic carbocycles. The Morgan fingerprint density at radius 3 is 2.46 bits per heavy atom. The van der Waals surface area contributed by atoms with Crippen molar-refractivity contribution in [2.75, 3.05) is 50.6 Å². The molecule has 182 valence electrons. The number of amides is 2. The molecule has 35 heavy (non-hydrogen) atoms. The molecule has 9 heteroatoms. The molecule has 1 aromatic heterocycles. The van der Waals surface area contributed by atoms with Crippen molar-refractivity contribution >= 4 is 23.3 Å². The number of carbonyl (C=O) groups excluding carboxylic acids is 2. The van der Waals surface area contributed by atoms with Crippen LogP contribution >= 0.6 is 0 Å². The molecule has 1 N–H and O–H groups in total. The average Bonchev–Trinajstić information content (AvgIpc) is 3.14. The van der Waals surface area contributed by atoms with Crippen LogP contribution in [0.4, 0.5) is 15.9 Å². The maximum absolute atomic E-state index is 13.4. The predicted octanol–water partition coefficient (Wildman–Crippen LogP) is 3.84. The maximum atomic E-state index is 13.4. The molecule has 8 nitrogen and oxygen atoms in total. The van der Waals surface area contributed by atoms with Gasteiger partial charge in [-0.25, -0.2) is 9.37 Å². The molecule has 0 bridgehead atoms. The summed E-state index contributed by atoms with van der Waals surface area (Å²) >= 11 is 0. The zero-order valence-electron chi connectivity index (χ0n) is 19.7. The molecule has 4 rings (SSSR count). The second-order valence-electron chi connectivity index (χ2n) is 8.07. The number of rotatable bonds is 6. The number of methoxy groups -OCH3 is 2. The summed E-state index contributed by atoms with van der Waals surface area (Å²) < 4.78 is 23.9. The van der Waals surface area contributed by atoms with Gasteiger partial charge in [-0.3, -0.25) is 9.59 Å². The number of ether oxygens (including phenoxy) is 2. The van der Waals surface area contributed by atoms with Gasteiger partial charge in [0.25, 0.3) is 11.8 Å². The zero-order chi connectivity index (χ0) is 24.8. The third-order valence-electron chi connectivity index (χ3n) is 5.83. The van der Waals surface area contributed by atoms with E-state index in [9.17, 15) is 14.0 Å². The molecule has 2 aromatic carbocycles. The molecule has 1 fully saturated rings. The van der Waals surface area contributed by atoms with Crippen LogP contribution in [0.5, 0.6) is 11.5 Å². The van der Waals surface area contributed by atoms with Gasteiger partial charge in [0.1, 0.15) is 11.6 Å². The molecule has 0 atom stereocenters. The van der Waals surface area contributed by atoms with Crippen molar-refractivity contribution < 1.29 is 23.5 Å². The van der Waals surface area contributed by atoms with E-state index >= 15 is 0 Å². The minimum Gasteiger partial charge on any atom is -0.493 e. The van der Waals surface area contributed by atoms with Crippen LogP contribution in [0.25, 0.3) is 0 Å². The smallest absolute Gasteiger partial charge is 0.255 e. The van der Waals surface area contributed by atoms with Crippen LogP contribution in [0.15, 0.2) is 60.8 Å². The lowest BCUT2D eigenvalue weighted by molar-refractivity contribution is 0.0766. The van der Waals surface area contributed by atoms with E-state index in [0.717, 1.165) is 18.8 Å². The molecule has 1 aliphatic rings. The van der Waals surface area contributed by atoms with Crippen molar-refractivity contribution in [1.29, 1.82) is 0 Å². The molecular formula is C26H27FN4O4. The first-order valence-electron chi connectivity index (χ1n) is 11.3. The Morgan fingerprint density at radius 1 is 0.914 bits per heavy atom. The van der Waals surface area contributed by atoms with E-state index in [1.165, 1.54) is 18.2 Å². The van der Waals surface area contributed by atoms with Crippen LogP contribution in [0, 0.1) is 5.82 Å². The van der Waals surface area contributed by atoms with Crippen LogP contribution in [0.3, 0.4) is 0 Å². The number of aromatic nitrogens is 1. The molecule has 0 saturated carbocycles. The van der Waals surface area contributed by atoms with Gasteiger partial charge in [-0.05, 0) is 55.0 Å². The van der Waals surface area contributed by atoms with Gasteiger partial charge >= 0.3 is 0 Å². The van der Waals surface area contributed by atoms with Crippen molar-refractivity contribution in [3.8, 4) is 11.5 Å². The molecule has 1 saturated heterocycles. The summed E-state index contributed by atoms with van der Waals surface area (Å²) in [6.45, 7) is 2.55. The fraction of sp³-hybridized carbons (Fsp3) is 0.269. The number of pyridine rings is 1. The van der Waals surface area contributed by atoms with Crippen molar-refractivity contribution in [1.82, 2.24) is 9.88 Å². The minimum absolute atomic E-state index is 0.0591. The largest absolute Gasteiger partial charge is 0.493 e. The highest BCUT2D eigenvalue weighted by Crippen LogP contribution is 2.28. The SMILES string of the molecule is COc1ccc(C(=O)N2CCCN(c3ccc(NC(=O)c4cccc(F)c4)cn3)CC2)cc1OC. The summed E-state index contributed by atoms with van der Waals surface area (Å²) in [4.78, 5) is 33.8. The second kappa shape index (κ2) is 10.9. The number of benzene rings is 2. The number of carbonyl (C=O) groups is 2. The van der Waals surface area contributed by atoms with Crippen LogP contribution in [-0.2, 0) is 0 Å². The molecule has 2 amide bonds. The first kappa shape index (κ1) is 24.0. The maximum Gasteiger partial charge on any atom is 0.255 e. The lowest BCUT2D eigenvalue weighted by atomic mass is 10.1. The third-order valence-corrected chi connectivity index (χ3v) is 5.83. The lowest BCUT2D eigenvalue weighted by Crippen LogP contribution is -2.35. The summed E-state index contributed by atoms with van der Waals surface area (Å²) in [7, 11) is 3.10. The van der Waals surface area contributed by atoms with Crippen molar-refractivity contribution in [2.45, 2.75) is 6.42 Å². The van der Waals surface area contributed by atoms with Crippen molar-refractivity contribution in [3.63, 3.8) is 0 Å². The highest BCUT2D eigenvalue weighted by molar-refractivity contribution is 6.04. The summed E-state index contributed by atoms with van der Waals surface area (Å²) in [5, 5.41) is 2.73. The number of halogens is 1. The number of hydrogen-bond donors (Lipinski definition) is 1. The normalized spacial score (nSPS) is 13.7. The van der Waals surface area contributed by atoms with E-state index in [1.807, 2.05) is 11.0 Å². The fourth-order valence-corrected chi connectivity index (χ4v) is 3.98. The molecule has 2 heterocycles. The van der Waals surface area contributed by atoms with Gasteiger partial charge < -0.3 is 24.6 Å². The standard InChI is InChI=1S/C26H27FN4O4/c1-34-22-9-7-19(16-23(22)35-2)26(33)31-12-4-11-30(13-14-31)24-10-8-21(17-28-24)29-25(32)18-5-3-6-20(27)15-18/h3,5-10,15-17H,4,11-14H2,1-2H3,(H,29,32). The van der Waals surface area contributed by atoms with Crippen LogP contribution in [0.2, 0.25) is 0 Å². The summed E-state index contributed by atoms with van der Waals surface area (Å²) in [6.07, 6.45) is 2.36. The number of anilines is 2. The molecule has 3 aromatic rings. The van der Waals surface area contributed by atoms with Gasteiger partial charge in [-0.2, -0.15) is 0 Å². The number of nitrogens with one attached hydrogen (secondary N) is 1. The Hall–Kier alpha value is -4.14. The first-order chi connectivity index (χ1) is 17.0. The van der Waals surface area contributed by atoms with Gasteiger partial charge in [-0.1, -0.05) is 6.07 Å². The lowest BCUT2D eigenvalue weighted by Gasteiger charge is -2.23. The summed E-state index contributed by atoms with van der Waals surface area (Å²) in [6, 6.07) is 14.3. The van der Waals surface area contributed by atoms with Gasteiger partial charge in [0.05, 0.1) is 26.1 Å². The molecule has 0 radical (unpaired) electrons. The summed E-state index contributed by atoms with van der Waals surface area (Å²) in [5.41, 5.74) is 1.30. The molecule has 0 unspecified atom stereocenters. The monoisotopic (exact) mass is 478 g/mol. The van der Waals surface area contributed by atoms with E-state index in [2.05, 4.69) is 15.2 Å². The third kappa shape index (κ3) is 5.68. The molecular weight excluding hydrogens is 451 g/mol. The Balaban J connectivity index is 1.37. The average molecular weight is 479 g/mol. The van der Waals surface area contributed by atoms with E-state index < -0.39 is 11.7 Å². The fourth-order valence-electron chi connectivity index (χ4n) is 3.98. The van der Waals surface area contributed by atoms with E-state index in [1.54, 1.807) is 50.7 Å². The quantitative estimate of drug-likeness (QED) is 0.580. The zero-order valence-corrected chi connectivity index (χ0v) is 19.7. The Morgan fingerprint density at radius 2 is 1.74 bits per heavy atom. The first-order valence-corrected chi connectivity index (χ1v) is 11.3. The van der Waals surface area contributed by atoms with Crippen molar-refractivity contribution in [3.05, 3.63) is 77.7 Å². The van der Waals surface area contributed by atoms with Gasteiger partial charge in [0.2, 0.25) is 0 Å². The van der Waals surface area contributed by atoms with Gasteiger partial charge in [0.15, 0.2) is 11.5 Å². The second-order valence-corrected chi connectivity index (χ2v) is 8.07. The van der Waals surface area contributed by atoms with Crippen LogP contribution in [0.1, 0.15) is 27.1 Å². The Labute approximate surface area is 203 Å². The van der Waals surface area contributed by atoms with Gasteiger partial charge in [-0.15, -0.1) is 0 Å². The summed E-state index contributed by atoms with van der Waals surface area (Å²) in [5.74, 6) is 0.922. The number of nitrogens with zero attached hydrogens (tertiary/aromatic N) is 3. The van der Waals surface area contributed by atoms with Crippen molar-refractivity contribution in [2.24, 2.45) is 0 Å².